The molecular weight excluding hydrogens is 459 g/mol. The van der Waals surface area contributed by atoms with Gasteiger partial charge in [-0.3, -0.25) is 9.52 Å². The second-order valence-corrected chi connectivity index (χ2v) is 9.03. The number of nitrogens with one attached hydrogen (secondary N) is 1. The number of ether oxygens (including phenoxy) is 2. The molecule has 7 nitrogen and oxygen atoms in total. The molecule has 3 aromatic carbocycles. The summed E-state index contributed by atoms with van der Waals surface area (Å²) >= 11 is 0. The van der Waals surface area contributed by atoms with Crippen LogP contribution in [-0.2, 0) is 16.6 Å². The maximum absolute atomic E-state index is 13.8. The Morgan fingerprint density at radius 1 is 1.00 bits per heavy atom. The highest BCUT2D eigenvalue weighted by Crippen LogP contribution is 2.29. The van der Waals surface area contributed by atoms with E-state index in [0.29, 0.717) is 36.8 Å². The number of sulfonamides is 1. The molecule has 0 aromatic heterocycles. The van der Waals surface area contributed by atoms with Crippen molar-refractivity contribution in [2.75, 3.05) is 25.0 Å². The Hall–Kier alpha value is -3.59. The van der Waals surface area contributed by atoms with Crippen molar-refractivity contribution in [2.24, 2.45) is 0 Å². The van der Waals surface area contributed by atoms with Crippen molar-refractivity contribution >= 4 is 21.6 Å². The molecule has 0 aliphatic heterocycles. The van der Waals surface area contributed by atoms with Crippen LogP contribution >= 0.6 is 0 Å². The van der Waals surface area contributed by atoms with Gasteiger partial charge in [0.05, 0.1) is 24.3 Å². The van der Waals surface area contributed by atoms with Gasteiger partial charge in [-0.2, -0.15) is 0 Å². The quantitative estimate of drug-likeness (QED) is 0.449. The van der Waals surface area contributed by atoms with Gasteiger partial charge in [0.1, 0.15) is 5.82 Å². The van der Waals surface area contributed by atoms with Gasteiger partial charge in [0.25, 0.3) is 15.9 Å². The zero-order chi connectivity index (χ0) is 24.7. The number of methoxy groups -OCH3 is 1. The van der Waals surface area contributed by atoms with Crippen molar-refractivity contribution in [1.82, 2.24) is 4.90 Å². The third-order valence-electron chi connectivity index (χ3n) is 5.10. The molecule has 0 fully saturated rings. The predicted molar refractivity (Wildman–Crippen MR) is 128 cm³/mol. The number of carbonyl (C=O) groups is 1. The highest BCUT2D eigenvalue weighted by atomic mass is 32.2. The average molecular weight is 487 g/mol. The van der Waals surface area contributed by atoms with Gasteiger partial charge in [-0.25, -0.2) is 12.8 Å². The number of hydrogen-bond acceptors (Lipinski definition) is 5. The summed E-state index contributed by atoms with van der Waals surface area (Å²) in [5.74, 6) is 0.285. The van der Waals surface area contributed by atoms with Crippen molar-refractivity contribution < 1.29 is 27.1 Å². The molecule has 180 valence electrons. The van der Waals surface area contributed by atoms with Crippen LogP contribution in [0, 0.1) is 5.82 Å². The molecule has 0 saturated carbocycles. The van der Waals surface area contributed by atoms with Crippen molar-refractivity contribution in [3.8, 4) is 11.5 Å². The highest BCUT2D eigenvalue weighted by Gasteiger charge is 2.19. The van der Waals surface area contributed by atoms with Gasteiger partial charge < -0.3 is 14.4 Å². The maximum Gasteiger partial charge on any atom is 0.261 e. The average Bonchev–Trinajstić information content (AvgIpc) is 2.84. The summed E-state index contributed by atoms with van der Waals surface area (Å²) in [7, 11) is -2.45. The van der Waals surface area contributed by atoms with Crippen molar-refractivity contribution in [2.45, 2.75) is 25.3 Å². The minimum absolute atomic E-state index is 0.0772. The summed E-state index contributed by atoms with van der Waals surface area (Å²) in [5, 5.41) is 0. The number of para-hydroxylation sites is 1. The molecule has 0 saturated heterocycles. The molecule has 0 aliphatic carbocycles. The Morgan fingerprint density at radius 3 is 2.32 bits per heavy atom. The monoisotopic (exact) mass is 486 g/mol. The number of amides is 1. The molecule has 0 atom stereocenters. The Kier molecular flexibility index (Phi) is 8.12. The summed E-state index contributed by atoms with van der Waals surface area (Å²) in [6, 6.07) is 16.5. The number of rotatable bonds is 10. The van der Waals surface area contributed by atoms with Gasteiger partial charge in [-0.15, -0.1) is 0 Å². The fourth-order valence-electron chi connectivity index (χ4n) is 3.34. The van der Waals surface area contributed by atoms with Crippen LogP contribution in [-0.4, -0.2) is 39.5 Å². The first-order chi connectivity index (χ1) is 16.3. The van der Waals surface area contributed by atoms with Crippen LogP contribution in [0.3, 0.4) is 0 Å². The van der Waals surface area contributed by atoms with E-state index in [1.54, 1.807) is 18.1 Å². The van der Waals surface area contributed by atoms with Gasteiger partial charge >= 0.3 is 0 Å². The minimum Gasteiger partial charge on any atom is -0.493 e. The second-order valence-electron chi connectivity index (χ2n) is 7.35. The Morgan fingerprint density at radius 2 is 1.71 bits per heavy atom. The number of nitrogens with zero attached hydrogens (tertiary/aromatic N) is 1. The van der Waals surface area contributed by atoms with E-state index in [1.807, 2.05) is 26.0 Å². The Labute approximate surface area is 199 Å². The molecule has 0 aliphatic rings. The number of halogens is 1. The lowest BCUT2D eigenvalue weighted by Crippen LogP contribution is -2.30. The second kappa shape index (κ2) is 11.0. The lowest BCUT2D eigenvalue weighted by Gasteiger charge is -2.22. The van der Waals surface area contributed by atoms with Crippen LogP contribution < -0.4 is 14.2 Å². The lowest BCUT2D eigenvalue weighted by molar-refractivity contribution is 0.0752. The smallest absolute Gasteiger partial charge is 0.261 e. The standard InChI is InChI=1S/C25H27FN2O5S/c1-4-28(17-18-10-15-23(33-5-2)24(16-18)32-3)25(29)19-11-13-20(14-12-19)34(30,31)27-22-9-7-6-8-21(22)26/h6-16,27H,4-5,17H2,1-3H3. The number of hydrogen-bond donors (Lipinski definition) is 1. The molecule has 0 spiro atoms. The molecule has 3 rings (SSSR count). The molecular formula is C25H27FN2O5S. The van der Waals surface area contributed by atoms with E-state index >= 15 is 0 Å². The number of carbonyl (C=O) groups excluding carboxylic acids is 1. The van der Waals surface area contributed by atoms with Crippen LogP contribution in [0.4, 0.5) is 10.1 Å². The first-order valence-corrected chi connectivity index (χ1v) is 12.2. The van der Waals surface area contributed by atoms with Crippen LogP contribution in [0.5, 0.6) is 11.5 Å². The molecule has 1 N–H and O–H groups in total. The summed E-state index contributed by atoms with van der Waals surface area (Å²) in [5.41, 5.74) is 1.05. The van der Waals surface area contributed by atoms with E-state index in [9.17, 15) is 17.6 Å². The first-order valence-electron chi connectivity index (χ1n) is 10.8. The molecule has 0 radical (unpaired) electrons. The number of benzene rings is 3. The molecule has 0 bridgehead atoms. The zero-order valence-electron chi connectivity index (χ0n) is 19.2. The zero-order valence-corrected chi connectivity index (χ0v) is 20.1. The summed E-state index contributed by atoms with van der Waals surface area (Å²) < 4.78 is 52.2. The maximum atomic E-state index is 13.8. The molecule has 1 amide bonds. The van der Waals surface area contributed by atoms with Crippen molar-refractivity contribution in [3.63, 3.8) is 0 Å². The van der Waals surface area contributed by atoms with Crippen molar-refractivity contribution in [1.29, 1.82) is 0 Å². The Bertz CT molecular complexity index is 1250. The van der Waals surface area contributed by atoms with E-state index in [4.69, 9.17) is 9.47 Å². The number of anilines is 1. The van der Waals surface area contributed by atoms with E-state index in [1.165, 1.54) is 48.5 Å². The first kappa shape index (κ1) is 25.0. The van der Waals surface area contributed by atoms with Gasteiger partial charge in [0, 0.05) is 18.7 Å². The van der Waals surface area contributed by atoms with Crippen molar-refractivity contribution in [3.05, 3.63) is 83.7 Å². The van der Waals surface area contributed by atoms with Crippen LogP contribution in [0.1, 0.15) is 29.8 Å². The predicted octanol–water partition coefficient (Wildman–Crippen LogP) is 4.70. The molecule has 34 heavy (non-hydrogen) atoms. The van der Waals surface area contributed by atoms with Gasteiger partial charge in [-0.1, -0.05) is 18.2 Å². The van der Waals surface area contributed by atoms with Crippen LogP contribution in [0.25, 0.3) is 0 Å². The normalized spacial score (nSPS) is 11.1. The van der Waals surface area contributed by atoms with Gasteiger partial charge in [0.15, 0.2) is 11.5 Å². The fraction of sp³-hybridized carbons (Fsp3) is 0.240. The molecule has 0 unspecified atom stereocenters. The lowest BCUT2D eigenvalue weighted by atomic mass is 10.1. The summed E-state index contributed by atoms with van der Waals surface area (Å²) in [6.45, 7) is 5.05. The molecule has 3 aromatic rings. The minimum atomic E-state index is -4.01. The van der Waals surface area contributed by atoms with Gasteiger partial charge in [-0.05, 0) is 67.9 Å². The fourth-order valence-corrected chi connectivity index (χ4v) is 4.41. The summed E-state index contributed by atoms with van der Waals surface area (Å²) in [6.07, 6.45) is 0. The highest BCUT2D eigenvalue weighted by molar-refractivity contribution is 7.92. The van der Waals surface area contributed by atoms with Crippen LogP contribution in [0.15, 0.2) is 71.6 Å². The summed E-state index contributed by atoms with van der Waals surface area (Å²) in [4.78, 5) is 14.6. The van der Waals surface area contributed by atoms with E-state index in [2.05, 4.69) is 4.72 Å². The SMILES string of the molecule is CCOc1ccc(CN(CC)C(=O)c2ccc(S(=O)(=O)Nc3ccccc3F)cc2)cc1OC. The molecule has 9 heteroatoms. The van der Waals surface area contributed by atoms with E-state index in [-0.39, 0.29) is 16.5 Å². The topological polar surface area (TPSA) is 84.9 Å². The third-order valence-corrected chi connectivity index (χ3v) is 6.48. The molecule has 0 heterocycles. The third kappa shape index (κ3) is 5.85. The van der Waals surface area contributed by atoms with E-state index in [0.717, 1.165) is 5.56 Å². The van der Waals surface area contributed by atoms with Crippen LogP contribution in [0.2, 0.25) is 0 Å². The Balaban J connectivity index is 1.75. The largest absolute Gasteiger partial charge is 0.493 e. The van der Waals surface area contributed by atoms with E-state index < -0.39 is 15.8 Å². The van der Waals surface area contributed by atoms with Gasteiger partial charge in [0.2, 0.25) is 0 Å².